The molecule has 0 aliphatic carbocycles. The number of aromatic nitrogens is 3. The fraction of sp³-hybridized carbons (Fsp3) is 0.312. The van der Waals surface area contributed by atoms with Crippen LogP contribution in [0.15, 0.2) is 29.6 Å². The minimum absolute atomic E-state index is 0.0259. The first-order chi connectivity index (χ1) is 11.8. The van der Waals surface area contributed by atoms with Gasteiger partial charge in [0.15, 0.2) is 11.8 Å². The van der Waals surface area contributed by atoms with Gasteiger partial charge in [0.2, 0.25) is 0 Å². The zero-order valence-corrected chi connectivity index (χ0v) is 14.9. The molecule has 0 atom stereocenters. The number of nitrogens with zero attached hydrogens (tertiary/aromatic N) is 3. The summed E-state index contributed by atoms with van der Waals surface area (Å²) in [5.74, 6) is -1.85. The number of hydrogen-bond donors (Lipinski definition) is 1. The molecule has 0 aliphatic heterocycles. The Morgan fingerprint density at radius 2 is 1.92 bits per heavy atom. The van der Waals surface area contributed by atoms with Gasteiger partial charge >= 0.3 is 5.97 Å². The van der Waals surface area contributed by atoms with E-state index in [1.54, 1.807) is 29.9 Å². The molecule has 0 saturated carbocycles. The van der Waals surface area contributed by atoms with E-state index in [0.29, 0.717) is 10.9 Å². The Bertz CT molecular complexity index is 783. The average molecular weight is 362 g/mol. The maximum absolute atomic E-state index is 11.8. The summed E-state index contributed by atoms with van der Waals surface area (Å²) >= 11 is 1.12. The van der Waals surface area contributed by atoms with Crippen LogP contribution in [-0.2, 0) is 21.4 Å². The lowest BCUT2D eigenvalue weighted by atomic mass is 10.4. The lowest BCUT2D eigenvalue weighted by Gasteiger charge is -2.06. The third kappa shape index (κ3) is 5.71. The van der Waals surface area contributed by atoms with Crippen LogP contribution in [0.2, 0.25) is 0 Å². The van der Waals surface area contributed by atoms with Gasteiger partial charge in [0.05, 0.1) is 5.75 Å². The maximum atomic E-state index is 11.8. The van der Waals surface area contributed by atoms with Gasteiger partial charge in [0.25, 0.3) is 11.8 Å². The second-order valence-electron chi connectivity index (χ2n) is 5.26. The van der Waals surface area contributed by atoms with E-state index in [4.69, 9.17) is 4.74 Å². The molecule has 2 amide bonds. The van der Waals surface area contributed by atoms with Crippen molar-refractivity contribution in [3.8, 4) is 0 Å². The quantitative estimate of drug-likeness (QED) is 0.465. The molecule has 132 valence electrons. The SMILES string of the molecule is Cc1cc(C)nc(SCC(=O)OCC(=O)NC(=O)c2cccn2C)n1. The van der Waals surface area contributed by atoms with E-state index in [2.05, 4.69) is 15.3 Å². The van der Waals surface area contributed by atoms with Crippen LogP contribution in [0.4, 0.5) is 0 Å². The first kappa shape index (κ1) is 18.7. The number of rotatable bonds is 6. The average Bonchev–Trinajstić information content (AvgIpc) is 2.96. The molecule has 0 fully saturated rings. The molecule has 2 heterocycles. The van der Waals surface area contributed by atoms with E-state index < -0.39 is 24.4 Å². The monoisotopic (exact) mass is 362 g/mol. The number of hydrogen-bond acceptors (Lipinski definition) is 7. The van der Waals surface area contributed by atoms with E-state index in [1.165, 1.54) is 0 Å². The highest BCUT2D eigenvalue weighted by molar-refractivity contribution is 7.99. The summed E-state index contributed by atoms with van der Waals surface area (Å²) in [6.07, 6.45) is 1.69. The fourth-order valence-corrected chi connectivity index (χ4v) is 2.74. The number of imide groups is 1. The van der Waals surface area contributed by atoms with Gasteiger partial charge in [-0.05, 0) is 32.0 Å². The minimum atomic E-state index is -0.688. The molecule has 2 aromatic rings. The van der Waals surface area contributed by atoms with Crippen LogP contribution in [0.3, 0.4) is 0 Å². The van der Waals surface area contributed by atoms with Crippen molar-refractivity contribution >= 4 is 29.5 Å². The third-order valence-electron chi connectivity index (χ3n) is 3.07. The Morgan fingerprint density at radius 1 is 1.24 bits per heavy atom. The molecular weight excluding hydrogens is 344 g/mol. The second-order valence-corrected chi connectivity index (χ2v) is 6.21. The maximum Gasteiger partial charge on any atom is 0.316 e. The summed E-state index contributed by atoms with van der Waals surface area (Å²) < 4.78 is 6.43. The second kappa shape index (κ2) is 8.43. The molecule has 2 aromatic heterocycles. The Kier molecular flexibility index (Phi) is 6.29. The molecule has 25 heavy (non-hydrogen) atoms. The van der Waals surface area contributed by atoms with Crippen LogP contribution in [-0.4, -0.2) is 44.7 Å². The number of carbonyl (C=O) groups excluding carboxylic acids is 3. The number of esters is 1. The number of thioether (sulfide) groups is 1. The predicted octanol–water partition coefficient (Wildman–Crippen LogP) is 1.02. The molecule has 0 aliphatic rings. The molecule has 0 bridgehead atoms. The predicted molar refractivity (Wildman–Crippen MR) is 91.1 cm³/mol. The Hall–Kier alpha value is -2.68. The van der Waals surface area contributed by atoms with Gasteiger partial charge in [0.1, 0.15) is 5.69 Å². The third-order valence-corrected chi connectivity index (χ3v) is 3.90. The summed E-state index contributed by atoms with van der Waals surface area (Å²) in [5.41, 5.74) is 1.95. The van der Waals surface area contributed by atoms with E-state index in [9.17, 15) is 14.4 Å². The molecule has 8 nitrogen and oxygen atoms in total. The Labute approximate surface area is 149 Å². The highest BCUT2D eigenvalue weighted by Gasteiger charge is 2.15. The molecular formula is C16H18N4O4S. The highest BCUT2D eigenvalue weighted by atomic mass is 32.2. The van der Waals surface area contributed by atoms with Crippen LogP contribution < -0.4 is 5.32 Å². The normalized spacial score (nSPS) is 10.4. The summed E-state index contributed by atoms with van der Waals surface area (Å²) in [6, 6.07) is 5.09. The standard InChI is InChI=1S/C16H18N4O4S/c1-10-7-11(2)18-16(17-10)25-9-14(22)24-8-13(21)19-15(23)12-5-4-6-20(12)3/h4-7H,8-9H2,1-3H3,(H,19,21,23). The lowest BCUT2D eigenvalue weighted by molar-refractivity contribution is -0.145. The number of ether oxygens (including phenoxy) is 1. The van der Waals surface area contributed by atoms with Crippen molar-refractivity contribution in [3.05, 3.63) is 41.5 Å². The van der Waals surface area contributed by atoms with Crippen molar-refractivity contribution < 1.29 is 19.1 Å². The topological polar surface area (TPSA) is 103 Å². The molecule has 1 N–H and O–H groups in total. The zero-order chi connectivity index (χ0) is 18.4. The summed E-state index contributed by atoms with van der Waals surface area (Å²) in [7, 11) is 1.69. The van der Waals surface area contributed by atoms with E-state index in [-0.39, 0.29) is 5.75 Å². The van der Waals surface area contributed by atoms with Crippen LogP contribution >= 0.6 is 11.8 Å². The van der Waals surface area contributed by atoms with Crippen molar-refractivity contribution in [1.82, 2.24) is 19.9 Å². The summed E-state index contributed by atoms with van der Waals surface area (Å²) in [4.78, 5) is 43.6. The van der Waals surface area contributed by atoms with Crippen LogP contribution in [0.1, 0.15) is 21.9 Å². The summed E-state index contributed by atoms with van der Waals surface area (Å²) in [5, 5.41) is 2.63. The van der Waals surface area contributed by atoms with Gasteiger partial charge in [-0.2, -0.15) is 0 Å². The van der Waals surface area contributed by atoms with E-state index in [0.717, 1.165) is 23.1 Å². The van der Waals surface area contributed by atoms with E-state index >= 15 is 0 Å². The molecule has 0 spiro atoms. The fourth-order valence-electron chi connectivity index (χ4n) is 1.99. The van der Waals surface area contributed by atoms with Crippen molar-refractivity contribution in [2.45, 2.75) is 19.0 Å². The lowest BCUT2D eigenvalue weighted by Crippen LogP contribution is -2.35. The Balaban J connectivity index is 1.75. The molecule has 0 saturated heterocycles. The molecule has 0 aromatic carbocycles. The molecule has 9 heteroatoms. The Morgan fingerprint density at radius 3 is 2.52 bits per heavy atom. The van der Waals surface area contributed by atoms with Gasteiger partial charge in [-0.25, -0.2) is 9.97 Å². The van der Waals surface area contributed by atoms with Crippen molar-refractivity contribution in [1.29, 1.82) is 0 Å². The highest BCUT2D eigenvalue weighted by Crippen LogP contribution is 2.14. The van der Waals surface area contributed by atoms with Crippen molar-refractivity contribution in [2.24, 2.45) is 7.05 Å². The smallest absolute Gasteiger partial charge is 0.316 e. The van der Waals surface area contributed by atoms with Crippen LogP contribution in [0.25, 0.3) is 0 Å². The molecule has 0 radical (unpaired) electrons. The van der Waals surface area contributed by atoms with Crippen molar-refractivity contribution in [2.75, 3.05) is 12.4 Å². The first-order valence-corrected chi connectivity index (χ1v) is 8.40. The number of nitrogens with one attached hydrogen (secondary N) is 1. The summed E-state index contributed by atoms with van der Waals surface area (Å²) in [6.45, 7) is 3.15. The van der Waals surface area contributed by atoms with E-state index in [1.807, 2.05) is 19.9 Å². The van der Waals surface area contributed by atoms with Crippen molar-refractivity contribution in [3.63, 3.8) is 0 Å². The largest absolute Gasteiger partial charge is 0.455 e. The molecule has 2 rings (SSSR count). The van der Waals surface area contributed by atoms with Crippen LogP contribution in [0.5, 0.6) is 0 Å². The number of aryl methyl sites for hydroxylation is 3. The molecule has 0 unspecified atom stereocenters. The van der Waals surface area contributed by atoms with Gasteiger partial charge in [0, 0.05) is 24.6 Å². The van der Waals surface area contributed by atoms with Gasteiger partial charge in [-0.3, -0.25) is 19.7 Å². The minimum Gasteiger partial charge on any atom is -0.455 e. The zero-order valence-electron chi connectivity index (χ0n) is 14.1. The van der Waals surface area contributed by atoms with Gasteiger partial charge in [-0.15, -0.1) is 0 Å². The number of carbonyl (C=O) groups is 3. The van der Waals surface area contributed by atoms with Gasteiger partial charge < -0.3 is 9.30 Å². The number of amides is 2. The van der Waals surface area contributed by atoms with Gasteiger partial charge in [-0.1, -0.05) is 11.8 Å². The van der Waals surface area contributed by atoms with Crippen LogP contribution in [0, 0.1) is 13.8 Å². The first-order valence-electron chi connectivity index (χ1n) is 7.41.